The van der Waals surface area contributed by atoms with E-state index in [1.807, 2.05) is 27.7 Å². The third-order valence-electron chi connectivity index (χ3n) is 3.28. The zero-order valence-corrected chi connectivity index (χ0v) is 13.1. The number of hydrogen-bond acceptors (Lipinski definition) is 4. The van der Waals surface area contributed by atoms with Crippen molar-refractivity contribution >= 4 is 12.0 Å². The van der Waals surface area contributed by atoms with Gasteiger partial charge in [-0.2, -0.15) is 0 Å². The van der Waals surface area contributed by atoms with Gasteiger partial charge in [0.2, 0.25) is 0 Å². The van der Waals surface area contributed by atoms with Crippen molar-refractivity contribution in [3.63, 3.8) is 0 Å². The minimum Gasteiger partial charge on any atom is -0.480 e. The van der Waals surface area contributed by atoms with Crippen LogP contribution < -0.4 is 5.32 Å². The first-order valence-corrected chi connectivity index (χ1v) is 7.21. The molecule has 2 unspecified atom stereocenters. The van der Waals surface area contributed by atoms with Crippen LogP contribution in [0.15, 0.2) is 0 Å². The number of carboxylic acid groups (broad SMARTS) is 1. The number of amides is 2. The van der Waals surface area contributed by atoms with E-state index in [1.54, 1.807) is 0 Å². The van der Waals surface area contributed by atoms with Crippen LogP contribution in [0.3, 0.4) is 0 Å². The van der Waals surface area contributed by atoms with Crippen molar-refractivity contribution in [1.82, 2.24) is 10.2 Å². The molecule has 7 nitrogen and oxygen atoms in total. The lowest BCUT2D eigenvalue weighted by molar-refractivity contribution is -0.141. The van der Waals surface area contributed by atoms with Crippen LogP contribution in [0.25, 0.3) is 0 Å². The second kappa shape index (κ2) is 7.09. The summed E-state index contributed by atoms with van der Waals surface area (Å²) in [5, 5.41) is 21.0. The Morgan fingerprint density at radius 3 is 2.52 bits per heavy atom. The maximum atomic E-state index is 12.3. The number of rotatable bonds is 5. The Balaban J connectivity index is 2.70. The number of ether oxygens (including phenoxy) is 1. The first kappa shape index (κ1) is 17.7. The number of morpholine rings is 1. The maximum absolute atomic E-state index is 12.3. The van der Waals surface area contributed by atoms with Gasteiger partial charge in [-0.1, -0.05) is 13.8 Å². The molecular weight excluding hydrogens is 276 g/mol. The van der Waals surface area contributed by atoms with Crippen LogP contribution in [0, 0.1) is 5.92 Å². The van der Waals surface area contributed by atoms with Crippen LogP contribution >= 0.6 is 0 Å². The van der Waals surface area contributed by atoms with Gasteiger partial charge in [0.15, 0.2) is 0 Å². The molecule has 1 saturated heterocycles. The highest BCUT2D eigenvalue weighted by Crippen LogP contribution is 2.21. The van der Waals surface area contributed by atoms with E-state index in [9.17, 15) is 19.8 Å². The number of nitrogens with one attached hydrogen (secondary N) is 1. The number of aliphatic hydroxyl groups excluding tert-OH is 1. The zero-order valence-electron chi connectivity index (χ0n) is 13.1. The summed E-state index contributed by atoms with van der Waals surface area (Å²) in [6.07, 6.45) is -0.0778. The number of hydrogen-bond donors (Lipinski definition) is 3. The van der Waals surface area contributed by atoms with Gasteiger partial charge in [-0.25, -0.2) is 9.59 Å². The Morgan fingerprint density at radius 2 is 2.05 bits per heavy atom. The molecular formula is C14H26N2O5. The number of carbonyl (C=O) groups excluding carboxylic acids is 1. The van der Waals surface area contributed by atoms with Crippen LogP contribution in [-0.2, 0) is 9.53 Å². The summed E-state index contributed by atoms with van der Waals surface area (Å²) < 4.78 is 5.63. The van der Waals surface area contributed by atoms with E-state index in [0.717, 1.165) is 0 Å². The Bertz CT molecular complexity index is 384. The Hall–Kier alpha value is -1.34. The van der Waals surface area contributed by atoms with Gasteiger partial charge in [-0.3, -0.25) is 0 Å². The van der Waals surface area contributed by atoms with Gasteiger partial charge in [-0.15, -0.1) is 0 Å². The summed E-state index contributed by atoms with van der Waals surface area (Å²) in [4.78, 5) is 25.0. The summed E-state index contributed by atoms with van der Waals surface area (Å²) in [6.45, 7) is 7.89. The largest absolute Gasteiger partial charge is 0.480 e. The molecule has 1 aliphatic rings. The van der Waals surface area contributed by atoms with Gasteiger partial charge in [0, 0.05) is 0 Å². The lowest BCUT2D eigenvalue weighted by Crippen LogP contribution is -2.59. The molecule has 1 aliphatic heterocycles. The van der Waals surface area contributed by atoms with Gasteiger partial charge in [0.25, 0.3) is 0 Å². The fourth-order valence-electron chi connectivity index (χ4n) is 2.48. The second-order valence-electron chi connectivity index (χ2n) is 6.53. The van der Waals surface area contributed by atoms with Crippen molar-refractivity contribution in [3.8, 4) is 0 Å². The molecule has 2 amide bonds. The lowest BCUT2D eigenvalue weighted by Gasteiger charge is -2.42. The van der Waals surface area contributed by atoms with E-state index in [-0.39, 0.29) is 19.1 Å². The van der Waals surface area contributed by atoms with Gasteiger partial charge >= 0.3 is 12.0 Å². The number of aliphatic carboxylic acids is 1. The maximum Gasteiger partial charge on any atom is 0.326 e. The van der Waals surface area contributed by atoms with E-state index >= 15 is 0 Å². The minimum absolute atomic E-state index is 0.165. The predicted octanol–water partition coefficient (Wildman–Crippen LogP) is 0.667. The van der Waals surface area contributed by atoms with E-state index in [2.05, 4.69) is 5.32 Å². The summed E-state index contributed by atoms with van der Waals surface area (Å²) in [5.41, 5.74) is -0.570. The normalized spacial score (nSPS) is 23.0. The molecule has 1 fully saturated rings. The van der Waals surface area contributed by atoms with Crippen LogP contribution in [-0.4, -0.2) is 64.6 Å². The molecule has 0 saturated carbocycles. The van der Waals surface area contributed by atoms with E-state index in [4.69, 9.17) is 4.74 Å². The highest BCUT2D eigenvalue weighted by molar-refractivity contribution is 5.82. The van der Waals surface area contributed by atoms with Gasteiger partial charge in [-0.05, 0) is 26.2 Å². The number of nitrogens with zero attached hydrogens (tertiary/aromatic N) is 1. The van der Waals surface area contributed by atoms with Crippen molar-refractivity contribution in [2.24, 2.45) is 5.92 Å². The average molecular weight is 302 g/mol. The van der Waals surface area contributed by atoms with Crippen LogP contribution in [0.2, 0.25) is 0 Å². The van der Waals surface area contributed by atoms with Crippen molar-refractivity contribution < 1.29 is 24.5 Å². The molecule has 3 N–H and O–H groups in total. The first-order chi connectivity index (χ1) is 9.64. The topological polar surface area (TPSA) is 99.1 Å². The van der Waals surface area contributed by atoms with Gasteiger partial charge in [0.1, 0.15) is 6.04 Å². The molecule has 1 rings (SSSR count). The first-order valence-electron chi connectivity index (χ1n) is 7.21. The summed E-state index contributed by atoms with van der Waals surface area (Å²) in [7, 11) is 0. The third-order valence-corrected chi connectivity index (χ3v) is 3.28. The Labute approximate surface area is 125 Å². The fourth-order valence-corrected chi connectivity index (χ4v) is 2.48. The summed E-state index contributed by atoms with van der Waals surface area (Å²) >= 11 is 0. The number of carboxylic acids is 1. The zero-order chi connectivity index (χ0) is 16.2. The molecule has 0 aromatic heterocycles. The molecule has 0 bridgehead atoms. The molecule has 0 spiro atoms. The summed E-state index contributed by atoms with van der Waals surface area (Å²) in [6, 6.07) is -1.34. The van der Waals surface area contributed by atoms with Crippen molar-refractivity contribution in [3.05, 3.63) is 0 Å². The SMILES string of the molecule is CC(C)CC(NC(=O)N1CC(CO)OC(C)(C)C1)C(=O)O. The molecule has 7 heteroatoms. The number of urea groups is 1. The summed E-state index contributed by atoms with van der Waals surface area (Å²) in [5.74, 6) is -0.874. The van der Waals surface area contributed by atoms with E-state index in [1.165, 1.54) is 4.90 Å². The molecule has 0 aliphatic carbocycles. The Morgan fingerprint density at radius 1 is 1.43 bits per heavy atom. The molecule has 2 atom stereocenters. The molecule has 21 heavy (non-hydrogen) atoms. The van der Waals surface area contributed by atoms with Gasteiger partial charge < -0.3 is 25.2 Å². The number of aliphatic hydroxyl groups is 1. The predicted molar refractivity (Wildman–Crippen MR) is 77.0 cm³/mol. The monoisotopic (exact) mass is 302 g/mol. The molecule has 0 aromatic rings. The molecule has 1 heterocycles. The number of carbonyl (C=O) groups is 2. The lowest BCUT2D eigenvalue weighted by atomic mass is 10.0. The van der Waals surface area contributed by atoms with Crippen molar-refractivity contribution in [2.75, 3.05) is 19.7 Å². The van der Waals surface area contributed by atoms with Crippen molar-refractivity contribution in [2.45, 2.75) is 51.9 Å². The van der Waals surface area contributed by atoms with E-state index in [0.29, 0.717) is 13.0 Å². The third kappa shape index (κ3) is 5.51. The minimum atomic E-state index is -1.04. The fraction of sp³-hybridized carbons (Fsp3) is 0.857. The highest BCUT2D eigenvalue weighted by Gasteiger charge is 2.36. The van der Waals surface area contributed by atoms with E-state index < -0.39 is 29.7 Å². The highest BCUT2D eigenvalue weighted by atomic mass is 16.5. The van der Waals surface area contributed by atoms with Crippen LogP contribution in [0.1, 0.15) is 34.1 Å². The standard InChI is InChI=1S/C14H26N2O5/c1-9(2)5-11(12(18)19)15-13(20)16-6-10(7-17)21-14(3,4)8-16/h9-11,17H,5-8H2,1-4H3,(H,15,20)(H,18,19). The average Bonchev–Trinajstić information content (AvgIpc) is 2.35. The second-order valence-corrected chi connectivity index (χ2v) is 6.53. The molecule has 122 valence electrons. The van der Waals surface area contributed by atoms with Crippen LogP contribution in [0.4, 0.5) is 4.79 Å². The molecule has 0 aromatic carbocycles. The quantitative estimate of drug-likeness (QED) is 0.693. The smallest absolute Gasteiger partial charge is 0.326 e. The Kier molecular flexibility index (Phi) is 5.98. The van der Waals surface area contributed by atoms with Gasteiger partial charge in [0.05, 0.1) is 31.4 Å². The molecule has 0 radical (unpaired) electrons. The van der Waals surface area contributed by atoms with Crippen LogP contribution in [0.5, 0.6) is 0 Å². The van der Waals surface area contributed by atoms with Crippen molar-refractivity contribution in [1.29, 1.82) is 0 Å².